The molecule has 8 nitrogen and oxygen atoms in total. The maximum absolute atomic E-state index is 11.8. The zero-order valence-electron chi connectivity index (χ0n) is 15.6. The van der Waals surface area contributed by atoms with Crippen LogP contribution in [0.2, 0.25) is 0 Å². The summed E-state index contributed by atoms with van der Waals surface area (Å²) < 4.78 is 10.5. The Bertz CT molecular complexity index is 690. The van der Waals surface area contributed by atoms with E-state index in [0.29, 0.717) is 18.2 Å². The SMILES string of the molecule is CC(C)c1noc([C@@H](C)N2CCN(CCNC(=O)c3ccco3)CC2)n1. The van der Waals surface area contributed by atoms with E-state index in [1.807, 2.05) is 0 Å². The predicted molar refractivity (Wildman–Crippen MR) is 95.9 cm³/mol. The second-order valence-corrected chi connectivity index (χ2v) is 6.93. The second-order valence-electron chi connectivity index (χ2n) is 6.93. The van der Waals surface area contributed by atoms with Crippen LogP contribution in [-0.2, 0) is 0 Å². The number of carbonyl (C=O) groups is 1. The second kappa shape index (κ2) is 8.46. The molecular formula is C18H27N5O3. The van der Waals surface area contributed by atoms with Crippen LogP contribution in [0.1, 0.15) is 55.0 Å². The summed E-state index contributed by atoms with van der Waals surface area (Å²) in [5.74, 6) is 1.90. The van der Waals surface area contributed by atoms with Crippen molar-refractivity contribution in [3.63, 3.8) is 0 Å². The van der Waals surface area contributed by atoms with Gasteiger partial charge in [0.05, 0.1) is 12.3 Å². The minimum Gasteiger partial charge on any atom is -0.459 e. The van der Waals surface area contributed by atoms with Crippen LogP contribution in [0.5, 0.6) is 0 Å². The van der Waals surface area contributed by atoms with Crippen molar-refractivity contribution < 1.29 is 13.7 Å². The van der Waals surface area contributed by atoms with Gasteiger partial charge in [-0.3, -0.25) is 14.6 Å². The van der Waals surface area contributed by atoms with Crippen LogP contribution in [0, 0.1) is 0 Å². The van der Waals surface area contributed by atoms with E-state index in [1.54, 1.807) is 12.1 Å². The molecule has 1 saturated heterocycles. The Balaban J connectivity index is 1.40. The summed E-state index contributed by atoms with van der Waals surface area (Å²) in [6.45, 7) is 11.4. The molecule has 1 atom stereocenters. The third-order valence-corrected chi connectivity index (χ3v) is 4.74. The summed E-state index contributed by atoms with van der Waals surface area (Å²) in [6, 6.07) is 3.50. The first kappa shape index (κ1) is 18.6. The van der Waals surface area contributed by atoms with Crippen molar-refractivity contribution in [2.45, 2.75) is 32.7 Å². The van der Waals surface area contributed by atoms with Crippen molar-refractivity contribution in [2.75, 3.05) is 39.3 Å². The Morgan fingerprint density at radius 2 is 2.04 bits per heavy atom. The molecule has 0 aromatic carbocycles. The summed E-state index contributed by atoms with van der Waals surface area (Å²) in [4.78, 5) is 21.1. The largest absolute Gasteiger partial charge is 0.459 e. The number of aromatic nitrogens is 2. The van der Waals surface area contributed by atoms with Gasteiger partial charge in [-0.15, -0.1) is 0 Å². The summed E-state index contributed by atoms with van der Waals surface area (Å²) in [5, 5.41) is 6.94. The van der Waals surface area contributed by atoms with Gasteiger partial charge in [-0.25, -0.2) is 0 Å². The zero-order valence-corrected chi connectivity index (χ0v) is 15.6. The molecule has 2 aromatic rings. The summed E-state index contributed by atoms with van der Waals surface area (Å²) in [7, 11) is 0. The minimum absolute atomic E-state index is 0.121. The summed E-state index contributed by atoms with van der Waals surface area (Å²) in [5.41, 5.74) is 0. The maximum Gasteiger partial charge on any atom is 0.287 e. The van der Waals surface area contributed by atoms with Gasteiger partial charge in [0.15, 0.2) is 11.6 Å². The smallest absolute Gasteiger partial charge is 0.287 e. The number of nitrogens with zero attached hydrogens (tertiary/aromatic N) is 4. The van der Waals surface area contributed by atoms with Crippen molar-refractivity contribution >= 4 is 5.91 Å². The van der Waals surface area contributed by atoms with Gasteiger partial charge < -0.3 is 14.3 Å². The number of rotatable bonds is 7. The van der Waals surface area contributed by atoms with Gasteiger partial charge in [-0.05, 0) is 19.1 Å². The van der Waals surface area contributed by atoms with Gasteiger partial charge in [-0.1, -0.05) is 19.0 Å². The third kappa shape index (κ3) is 4.50. The molecule has 26 heavy (non-hydrogen) atoms. The number of furan rings is 1. The Morgan fingerprint density at radius 1 is 1.27 bits per heavy atom. The molecule has 0 unspecified atom stereocenters. The highest BCUT2D eigenvalue weighted by atomic mass is 16.5. The first-order chi connectivity index (χ1) is 12.5. The van der Waals surface area contributed by atoms with Gasteiger partial charge in [0.1, 0.15) is 0 Å². The highest BCUT2D eigenvalue weighted by Crippen LogP contribution is 2.21. The quantitative estimate of drug-likeness (QED) is 0.806. The lowest BCUT2D eigenvalue weighted by molar-refractivity contribution is 0.0838. The van der Waals surface area contributed by atoms with Gasteiger partial charge in [0.25, 0.3) is 5.91 Å². The number of piperazine rings is 1. The fourth-order valence-electron chi connectivity index (χ4n) is 3.00. The molecule has 142 valence electrons. The Morgan fingerprint density at radius 3 is 2.65 bits per heavy atom. The van der Waals surface area contributed by atoms with Gasteiger partial charge >= 0.3 is 0 Å². The van der Waals surface area contributed by atoms with E-state index in [0.717, 1.165) is 38.5 Å². The van der Waals surface area contributed by atoms with Gasteiger partial charge in [0, 0.05) is 45.2 Å². The van der Waals surface area contributed by atoms with Crippen LogP contribution in [-0.4, -0.2) is 65.1 Å². The molecule has 0 bridgehead atoms. The molecule has 1 N–H and O–H groups in total. The Kier molecular flexibility index (Phi) is 6.05. The van der Waals surface area contributed by atoms with E-state index in [9.17, 15) is 4.79 Å². The highest BCUT2D eigenvalue weighted by molar-refractivity contribution is 5.91. The van der Waals surface area contributed by atoms with E-state index >= 15 is 0 Å². The molecule has 0 spiro atoms. The molecule has 1 fully saturated rings. The molecule has 0 aliphatic carbocycles. The standard InChI is InChI=1S/C18H27N5O3/c1-13(2)16-20-18(26-21-16)14(3)23-10-8-22(9-11-23)7-6-19-17(24)15-5-4-12-25-15/h4-5,12-14H,6-11H2,1-3H3,(H,19,24)/t14-/m1/s1. The van der Waals surface area contributed by atoms with Crippen molar-refractivity contribution in [3.8, 4) is 0 Å². The van der Waals surface area contributed by atoms with Crippen LogP contribution >= 0.6 is 0 Å². The molecule has 1 amide bonds. The first-order valence-corrected chi connectivity index (χ1v) is 9.16. The number of hydrogen-bond donors (Lipinski definition) is 1. The number of nitrogens with one attached hydrogen (secondary N) is 1. The summed E-state index contributed by atoms with van der Waals surface area (Å²) >= 11 is 0. The van der Waals surface area contributed by atoms with Crippen LogP contribution < -0.4 is 5.32 Å². The van der Waals surface area contributed by atoms with Gasteiger partial charge in [-0.2, -0.15) is 4.98 Å². The average molecular weight is 361 g/mol. The number of carbonyl (C=O) groups excluding carboxylic acids is 1. The third-order valence-electron chi connectivity index (χ3n) is 4.74. The molecular weight excluding hydrogens is 334 g/mol. The van der Waals surface area contributed by atoms with Crippen LogP contribution in [0.15, 0.2) is 27.3 Å². The molecule has 3 heterocycles. The van der Waals surface area contributed by atoms with E-state index in [1.165, 1.54) is 6.26 Å². The van der Waals surface area contributed by atoms with Crippen LogP contribution in [0.4, 0.5) is 0 Å². The van der Waals surface area contributed by atoms with E-state index < -0.39 is 0 Å². The van der Waals surface area contributed by atoms with Crippen molar-refractivity contribution in [3.05, 3.63) is 35.9 Å². The van der Waals surface area contributed by atoms with Crippen LogP contribution in [0.3, 0.4) is 0 Å². The number of hydrogen-bond acceptors (Lipinski definition) is 7. The average Bonchev–Trinajstić information content (AvgIpc) is 3.33. The van der Waals surface area contributed by atoms with Crippen molar-refractivity contribution in [1.29, 1.82) is 0 Å². The Labute approximate surface area is 153 Å². The first-order valence-electron chi connectivity index (χ1n) is 9.16. The zero-order chi connectivity index (χ0) is 18.5. The Hall–Kier alpha value is -2.19. The predicted octanol–water partition coefficient (Wildman–Crippen LogP) is 1.89. The molecule has 1 aliphatic rings. The molecule has 3 rings (SSSR count). The van der Waals surface area contributed by atoms with Crippen molar-refractivity contribution in [1.82, 2.24) is 25.3 Å². The lowest BCUT2D eigenvalue weighted by atomic mass is 10.2. The lowest BCUT2D eigenvalue weighted by Crippen LogP contribution is -2.49. The molecule has 8 heteroatoms. The molecule has 0 saturated carbocycles. The fraction of sp³-hybridized carbons (Fsp3) is 0.611. The topological polar surface area (TPSA) is 87.6 Å². The van der Waals surface area contributed by atoms with E-state index in [-0.39, 0.29) is 17.9 Å². The normalized spacial score (nSPS) is 17.5. The van der Waals surface area contributed by atoms with E-state index in [2.05, 4.69) is 46.0 Å². The maximum atomic E-state index is 11.8. The van der Waals surface area contributed by atoms with Gasteiger partial charge in [0.2, 0.25) is 5.89 Å². The molecule has 2 aromatic heterocycles. The minimum atomic E-state index is -0.167. The molecule has 1 aliphatic heterocycles. The van der Waals surface area contributed by atoms with Crippen LogP contribution in [0.25, 0.3) is 0 Å². The van der Waals surface area contributed by atoms with E-state index in [4.69, 9.17) is 8.94 Å². The van der Waals surface area contributed by atoms with Crippen molar-refractivity contribution in [2.24, 2.45) is 0 Å². The summed E-state index contributed by atoms with van der Waals surface area (Å²) in [6.07, 6.45) is 1.50. The monoisotopic (exact) mass is 361 g/mol. The number of amides is 1. The molecule has 0 radical (unpaired) electrons. The highest BCUT2D eigenvalue weighted by Gasteiger charge is 2.26. The lowest BCUT2D eigenvalue weighted by Gasteiger charge is -2.36. The fourth-order valence-corrected chi connectivity index (χ4v) is 3.00.